The van der Waals surface area contributed by atoms with Gasteiger partial charge in [-0.2, -0.15) is 10.4 Å². The summed E-state index contributed by atoms with van der Waals surface area (Å²) in [7, 11) is 4.11. The molecule has 49 heavy (non-hydrogen) atoms. The second-order valence-corrected chi connectivity index (χ2v) is 13.7. The van der Waals surface area contributed by atoms with E-state index in [9.17, 15) is 10.1 Å². The van der Waals surface area contributed by atoms with Crippen molar-refractivity contribution in [1.29, 1.82) is 5.26 Å². The molecule has 3 aromatic heterocycles. The number of pyridine rings is 2. The SMILES string of the molecule is CCOc1cc(-c2ccc(N3CCC(CN4CCN(C(=O)CCCCCCCCCCNC)CC4)(NC)CC3)nc2)c2c(C#N)cnn2c1. The largest absolute Gasteiger partial charge is 0.492 e. The van der Waals surface area contributed by atoms with Crippen molar-refractivity contribution in [2.24, 2.45) is 0 Å². The van der Waals surface area contributed by atoms with Crippen LogP contribution in [0, 0.1) is 11.3 Å². The number of likely N-dealkylation sites (N-methyl/N-ethyl adjacent to an activating group) is 1. The van der Waals surface area contributed by atoms with Crippen LogP contribution in [0.5, 0.6) is 5.75 Å². The number of unbranched alkanes of at least 4 members (excludes halogenated alkanes) is 7. The third-order valence-electron chi connectivity index (χ3n) is 10.5. The van der Waals surface area contributed by atoms with E-state index in [4.69, 9.17) is 9.72 Å². The van der Waals surface area contributed by atoms with Crippen molar-refractivity contribution >= 4 is 17.2 Å². The molecule has 11 heteroatoms. The molecule has 2 fully saturated rings. The van der Waals surface area contributed by atoms with Gasteiger partial charge in [0.2, 0.25) is 5.91 Å². The number of amides is 1. The first-order valence-corrected chi connectivity index (χ1v) is 18.6. The molecule has 2 N–H and O–H groups in total. The quantitative estimate of drug-likeness (QED) is 0.178. The van der Waals surface area contributed by atoms with E-state index in [-0.39, 0.29) is 5.54 Å². The zero-order valence-electron chi connectivity index (χ0n) is 30.1. The molecular weight excluding hydrogens is 614 g/mol. The lowest BCUT2D eigenvalue weighted by Crippen LogP contribution is -2.60. The number of nitrogens with zero attached hydrogens (tertiary/aromatic N) is 7. The highest BCUT2D eigenvalue weighted by Gasteiger charge is 2.36. The third-order valence-corrected chi connectivity index (χ3v) is 10.5. The van der Waals surface area contributed by atoms with Crippen molar-refractivity contribution in [2.75, 3.05) is 78.0 Å². The van der Waals surface area contributed by atoms with Crippen LogP contribution in [-0.2, 0) is 4.79 Å². The molecule has 0 bridgehead atoms. The summed E-state index contributed by atoms with van der Waals surface area (Å²) in [6, 6.07) is 8.39. The van der Waals surface area contributed by atoms with Crippen molar-refractivity contribution in [1.82, 2.24) is 35.0 Å². The van der Waals surface area contributed by atoms with Crippen molar-refractivity contribution in [3.63, 3.8) is 0 Å². The zero-order chi connectivity index (χ0) is 34.5. The van der Waals surface area contributed by atoms with Crippen molar-refractivity contribution in [3.8, 4) is 22.9 Å². The molecule has 0 atom stereocenters. The van der Waals surface area contributed by atoms with Gasteiger partial charge < -0.3 is 25.2 Å². The first-order chi connectivity index (χ1) is 24.0. The van der Waals surface area contributed by atoms with Gasteiger partial charge in [0.15, 0.2) is 0 Å². The van der Waals surface area contributed by atoms with Crippen molar-refractivity contribution < 1.29 is 9.53 Å². The van der Waals surface area contributed by atoms with Gasteiger partial charge in [0.1, 0.15) is 17.6 Å². The van der Waals surface area contributed by atoms with E-state index in [1.165, 1.54) is 44.9 Å². The molecule has 5 rings (SSSR count). The number of hydrogen-bond acceptors (Lipinski definition) is 9. The number of nitriles is 1. The molecule has 1 amide bonds. The van der Waals surface area contributed by atoms with E-state index < -0.39 is 0 Å². The van der Waals surface area contributed by atoms with E-state index in [2.05, 4.69) is 55.7 Å². The number of piperidine rings is 1. The number of hydrogen-bond donors (Lipinski definition) is 2. The minimum Gasteiger partial charge on any atom is -0.492 e. The molecule has 0 saturated carbocycles. The molecule has 2 aliphatic rings. The predicted octanol–water partition coefficient (Wildman–Crippen LogP) is 5.10. The fraction of sp³-hybridized carbons (Fsp3) is 0.632. The third kappa shape index (κ3) is 9.71. The Morgan fingerprint density at radius 2 is 1.67 bits per heavy atom. The molecule has 266 valence electrons. The van der Waals surface area contributed by atoms with E-state index in [0.717, 1.165) is 94.1 Å². The minimum atomic E-state index is 0.0521. The van der Waals surface area contributed by atoms with Gasteiger partial charge in [0, 0.05) is 75.1 Å². The Balaban J connectivity index is 1.06. The summed E-state index contributed by atoms with van der Waals surface area (Å²) < 4.78 is 7.49. The average molecular weight is 672 g/mol. The zero-order valence-corrected chi connectivity index (χ0v) is 30.1. The van der Waals surface area contributed by atoms with Crippen LogP contribution in [0.1, 0.15) is 83.1 Å². The fourth-order valence-corrected chi connectivity index (χ4v) is 7.41. The molecule has 3 aromatic rings. The fourth-order valence-electron chi connectivity index (χ4n) is 7.41. The van der Waals surface area contributed by atoms with Crippen LogP contribution in [0.25, 0.3) is 16.6 Å². The van der Waals surface area contributed by atoms with Crippen molar-refractivity contribution in [3.05, 3.63) is 42.4 Å². The number of nitrogens with one attached hydrogen (secondary N) is 2. The second kappa shape index (κ2) is 18.3. The Hall–Kier alpha value is -3.72. The van der Waals surface area contributed by atoms with Crippen LogP contribution >= 0.6 is 0 Å². The lowest BCUT2D eigenvalue weighted by molar-refractivity contribution is -0.133. The molecule has 0 unspecified atom stereocenters. The molecule has 0 aliphatic carbocycles. The highest BCUT2D eigenvalue weighted by atomic mass is 16.5. The van der Waals surface area contributed by atoms with Gasteiger partial charge in [0.05, 0.1) is 30.1 Å². The summed E-state index contributed by atoms with van der Waals surface area (Å²) in [5.41, 5.74) is 3.14. The number of carbonyl (C=O) groups excluding carboxylic acids is 1. The number of rotatable bonds is 18. The molecule has 11 nitrogen and oxygen atoms in total. The molecular formula is C38H57N9O2. The number of anilines is 1. The second-order valence-electron chi connectivity index (χ2n) is 13.7. The summed E-state index contributed by atoms with van der Waals surface area (Å²) in [5.74, 6) is 2.01. The van der Waals surface area contributed by atoms with Gasteiger partial charge in [-0.25, -0.2) is 9.50 Å². The summed E-state index contributed by atoms with van der Waals surface area (Å²) in [4.78, 5) is 24.8. The van der Waals surface area contributed by atoms with Gasteiger partial charge >= 0.3 is 0 Å². The van der Waals surface area contributed by atoms with Gasteiger partial charge in [-0.05, 0) is 71.4 Å². The number of aromatic nitrogens is 3. The molecule has 0 spiro atoms. The summed E-state index contributed by atoms with van der Waals surface area (Å²) >= 11 is 0. The van der Waals surface area contributed by atoms with Crippen LogP contribution in [-0.4, -0.2) is 109 Å². The van der Waals surface area contributed by atoms with E-state index >= 15 is 0 Å². The van der Waals surface area contributed by atoms with Crippen molar-refractivity contribution in [2.45, 2.75) is 83.1 Å². The van der Waals surface area contributed by atoms with E-state index in [1.807, 2.05) is 32.4 Å². The molecule has 0 radical (unpaired) electrons. The number of piperazine rings is 1. The normalized spacial score (nSPS) is 16.6. The Bertz CT molecular complexity index is 1500. The highest BCUT2D eigenvalue weighted by Crippen LogP contribution is 2.32. The number of fused-ring (bicyclic) bond motifs is 1. The topological polar surface area (TPSA) is 114 Å². The molecule has 5 heterocycles. The first kappa shape index (κ1) is 36.6. The Morgan fingerprint density at radius 3 is 2.31 bits per heavy atom. The highest BCUT2D eigenvalue weighted by molar-refractivity contribution is 5.85. The van der Waals surface area contributed by atoms with Gasteiger partial charge in [-0.1, -0.05) is 38.5 Å². The van der Waals surface area contributed by atoms with E-state index in [0.29, 0.717) is 30.2 Å². The molecule has 2 saturated heterocycles. The number of carbonyl (C=O) groups is 1. The molecule has 2 aliphatic heterocycles. The lowest BCUT2D eigenvalue weighted by Gasteiger charge is -2.46. The molecule has 0 aromatic carbocycles. The van der Waals surface area contributed by atoms with Gasteiger partial charge in [0.25, 0.3) is 0 Å². The minimum absolute atomic E-state index is 0.0521. The first-order valence-electron chi connectivity index (χ1n) is 18.6. The maximum absolute atomic E-state index is 12.9. The monoisotopic (exact) mass is 671 g/mol. The maximum atomic E-state index is 12.9. The van der Waals surface area contributed by atoms with Crippen LogP contribution in [0.2, 0.25) is 0 Å². The van der Waals surface area contributed by atoms with Gasteiger partial charge in [-0.15, -0.1) is 0 Å². The number of ether oxygens (including phenoxy) is 1. The van der Waals surface area contributed by atoms with E-state index in [1.54, 1.807) is 10.7 Å². The lowest BCUT2D eigenvalue weighted by atomic mass is 9.86. The Labute approximate surface area is 293 Å². The Morgan fingerprint density at radius 1 is 0.959 bits per heavy atom. The summed E-state index contributed by atoms with van der Waals surface area (Å²) in [5, 5.41) is 20.9. The average Bonchev–Trinajstić information content (AvgIpc) is 3.56. The van der Waals surface area contributed by atoms with Gasteiger partial charge in [-0.3, -0.25) is 9.69 Å². The smallest absolute Gasteiger partial charge is 0.222 e. The Kier molecular flexibility index (Phi) is 13.7. The summed E-state index contributed by atoms with van der Waals surface area (Å²) in [6.45, 7) is 10.0. The van der Waals surface area contributed by atoms with Crippen LogP contribution in [0.4, 0.5) is 5.82 Å². The van der Waals surface area contributed by atoms with Crippen LogP contribution < -0.4 is 20.3 Å². The van der Waals surface area contributed by atoms with Crippen LogP contribution in [0.15, 0.2) is 36.8 Å². The maximum Gasteiger partial charge on any atom is 0.222 e. The predicted molar refractivity (Wildman–Crippen MR) is 196 cm³/mol. The summed E-state index contributed by atoms with van der Waals surface area (Å²) in [6.07, 6.45) is 18.0. The van der Waals surface area contributed by atoms with Crippen LogP contribution in [0.3, 0.4) is 0 Å². The standard InChI is InChI=1S/C38H57N9O2/c1-4-49-33-25-34(37-32(26-39)28-43-47(37)29-33)31-14-15-35(42-27-31)45-19-16-38(41-3,17-20-45)30-44-21-23-46(24-22-44)36(48)13-11-9-7-5-6-8-10-12-18-40-2/h14-15,25,27-29,40-41H,4-13,16-24,30H2,1-3H3.